The van der Waals surface area contributed by atoms with E-state index in [1.807, 2.05) is 0 Å². The first kappa shape index (κ1) is 21.9. The lowest BCUT2D eigenvalue weighted by atomic mass is 10.2. The zero-order valence-corrected chi connectivity index (χ0v) is 17.4. The standard InChI is InChI=1S/C19H18ClFN4O4S/c1-12(19-24-18(25-29-19)13-5-7-15(21)8-6-13)23-17(26)9-10-22-30(27,28)16-4-2-3-14(20)11-16/h2-8,11-12,22H,9-10H2,1H3,(H,23,26). The van der Waals surface area contributed by atoms with Crippen LogP contribution in [0.25, 0.3) is 11.4 Å². The molecule has 158 valence electrons. The molecule has 1 heterocycles. The highest BCUT2D eigenvalue weighted by Crippen LogP contribution is 2.19. The second-order valence-corrected chi connectivity index (χ2v) is 8.56. The van der Waals surface area contributed by atoms with E-state index in [9.17, 15) is 17.6 Å². The van der Waals surface area contributed by atoms with Crippen molar-refractivity contribution in [2.24, 2.45) is 0 Å². The van der Waals surface area contributed by atoms with Gasteiger partial charge in [-0.05, 0) is 49.4 Å². The predicted molar refractivity (Wildman–Crippen MR) is 108 cm³/mol. The molecule has 3 rings (SSSR count). The molecule has 0 aliphatic heterocycles. The zero-order valence-electron chi connectivity index (χ0n) is 15.8. The number of benzene rings is 2. The molecular formula is C19H18ClFN4O4S. The fourth-order valence-corrected chi connectivity index (χ4v) is 3.85. The van der Waals surface area contributed by atoms with Crippen molar-refractivity contribution >= 4 is 27.5 Å². The summed E-state index contributed by atoms with van der Waals surface area (Å²) >= 11 is 5.81. The molecule has 0 spiro atoms. The van der Waals surface area contributed by atoms with Crippen molar-refractivity contribution in [3.05, 3.63) is 65.3 Å². The monoisotopic (exact) mass is 452 g/mol. The second-order valence-electron chi connectivity index (χ2n) is 6.36. The van der Waals surface area contributed by atoms with Gasteiger partial charge in [-0.3, -0.25) is 4.79 Å². The molecule has 1 unspecified atom stereocenters. The number of aromatic nitrogens is 2. The summed E-state index contributed by atoms with van der Waals surface area (Å²) in [4.78, 5) is 16.3. The predicted octanol–water partition coefficient (Wildman–Crippen LogP) is 3.07. The number of rotatable bonds is 8. The van der Waals surface area contributed by atoms with Crippen LogP contribution in [-0.4, -0.2) is 31.0 Å². The van der Waals surface area contributed by atoms with Gasteiger partial charge in [-0.15, -0.1) is 0 Å². The number of nitrogens with zero attached hydrogens (tertiary/aromatic N) is 2. The van der Waals surface area contributed by atoms with Gasteiger partial charge in [0.25, 0.3) is 0 Å². The highest BCUT2D eigenvalue weighted by molar-refractivity contribution is 7.89. The Balaban J connectivity index is 1.52. The minimum absolute atomic E-state index is 0.0166. The van der Waals surface area contributed by atoms with Crippen LogP contribution in [-0.2, 0) is 14.8 Å². The SMILES string of the molecule is CC(NC(=O)CCNS(=O)(=O)c1cccc(Cl)c1)c1nc(-c2ccc(F)cc2)no1. The minimum atomic E-state index is -3.77. The van der Waals surface area contributed by atoms with Crippen molar-refractivity contribution < 1.29 is 22.1 Å². The van der Waals surface area contributed by atoms with Gasteiger partial charge in [0, 0.05) is 23.6 Å². The first-order valence-corrected chi connectivity index (χ1v) is 10.7. The average molecular weight is 453 g/mol. The number of carbonyl (C=O) groups excluding carboxylic acids is 1. The summed E-state index contributed by atoms with van der Waals surface area (Å²) in [5.41, 5.74) is 0.570. The van der Waals surface area contributed by atoms with Gasteiger partial charge >= 0.3 is 0 Å². The summed E-state index contributed by atoms with van der Waals surface area (Å²) in [6.45, 7) is 1.55. The van der Waals surface area contributed by atoms with Crippen molar-refractivity contribution in [3.63, 3.8) is 0 Å². The Morgan fingerprint density at radius 1 is 1.23 bits per heavy atom. The normalized spacial score (nSPS) is 12.5. The Kier molecular flexibility index (Phi) is 6.80. The largest absolute Gasteiger partial charge is 0.345 e. The molecule has 1 atom stereocenters. The van der Waals surface area contributed by atoms with Gasteiger partial charge in [0.05, 0.1) is 4.90 Å². The number of hydrogen-bond acceptors (Lipinski definition) is 6. The summed E-state index contributed by atoms with van der Waals surface area (Å²) in [6.07, 6.45) is -0.0942. The van der Waals surface area contributed by atoms with Crippen molar-refractivity contribution in [2.45, 2.75) is 24.3 Å². The second kappa shape index (κ2) is 9.33. The van der Waals surface area contributed by atoms with Crippen LogP contribution in [0.2, 0.25) is 5.02 Å². The van der Waals surface area contributed by atoms with Crippen LogP contribution in [0.1, 0.15) is 25.3 Å². The van der Waals surface area contributed by atoms with Gasteiger partial charge in [0.2, 0.25) is 27.6 Å². The molecule has 3 aromatic rings. The van der Waals surface area contributed by atoms with Crippen LogP contribution in [0.4, 0.5) is 4.39 Å². The molecule has 11 heteroatoms. The van der Waals surface area contributed by atoms with Gasteiger partial charge in [0.1, 0.15) is 11.9 Å². The molecule has 0 fully saturated rings. The number of hydrogen-bond donors (Lipinski definition) is 2. The molecule has 0 saturated heterocycles. The van der Waals surface area contributed by atoms with E-state index in [1.54, 1.807) is 13.0 Å². The van der Waals surface area contributed by atoms with E-state index in [2.05, 4.69) is 20.2 Å². The average Bonchev–Trinajstić information content (AvgIpc) is 3.19. The number of nitrogens with one attached hydrogen (secondary N) is 2. The third kappa shape index (κ3) is 5.62. The van der Waals surface area contributed by atoms with Crippen LogP contribution in [0.15, 0.2) is 57.9 Å². The molecule has 2 aromatic carbocycles. The van der Waals surface area contributed by atoms with Gasteiger partial charge in [0.15, 0.2) is 0 Å². The highest BCUT2D eigenvalue weighted by atomic mass is 35.5. The van der Waals surface area contributed by atoms with Crippen LogP contribution < -0.4 is 10.0 Å². The highest BCUT2D eigenvalue weighted by Gasteiger charge is 2.19. The maximum atomic E-state index is 13.0. The van der Waals surface area contributed by atoms with E-state index >= 15 is 0 Å². The van der Waals surface area contributed by atoms with Crippen LogP contribution >= 0.6 is 11.6 Å². The van der Waals surface area contributed by atoms with Gasteiger partial charge < -0.3 is 9.84 Å². The van der Waals surface area contributed by atoms with E-state index in [-0.39, 0.29) is 35.4 Å². The van der Waals surface area contributed by atoms with Gasteiger partial charge in [-0.2, -0.15) is 4.98 Å². The molecule has 0 saturated carbocycles. The number of carbonyl (C=O) groups is 1. The van der Waals surface area contributed by atoms with Gasteiger partial charge in [-0.25, -0.2) is 17.5 Å². The molecular weight excluding hydrogens is 435 g/mol. The van der Waals surface area contributed by atoms with Crippen molar-refractivity contribution in [1.82, 2.24) is 20.2 Å². The van der Waals surface area contributed by atoms with E-state index in [1.165, 1.54) is 42.5 Å². The number of sulfonamides is 1. The van der Waals surface area contributed by atoms with Crippen LogP contribution in [0.3, 0.4) is 0 Å². The van der Waals surface area contributed by atoms with E-state index in [0.717, 1.165) is 0 Å². The summed E-state index contributed by atoms with van der Waals surface area (Å²) in [7, 11) is -3.77. The first-order chi connectivity index (χ1) is 14.2. The molecule has 0 aliphatic carbocycles. The Labute approximate surface area is 177 Å². The summed E-state index contributed by atoms with van der Waals surface area (Å²) < 4.78 is 44.9. The van der Waals surface area contributed by atoms with Crippen molar-refractivity contribution in [3.8, 4) is 11.4 Å². The summed E-state index contributed by atoms with van der Waals surface area (Å²) in [6, 6.07) is 10.8. The molecule has 2 N–H and O–H groups in total. The van der Waals surface area contributed by atoms with Gasteiger partial charge in [-0.1, -0.05) is 22.8 Å². The third-order valence-electron chi connectivity index (χ3n) is 4.04. The minimum Gasteiger partial charge on any atom is -0.345 e. The molecule has 8 nitrogen and oxygen atoms in total. The van der Waals surface area contributed by atoms with Crippen molar-refractivity contribution in [1.29, 1.82) is 0 Å². The lowest BCUT2D eigenvalue weighted by molar-refractivity contribution is -0.121. The Morgan fingerprint density at radius 2 is 1.97 bits per heavy atom. The smallest absolute Gasteiger partial charge is 0.249 e. The van der Waals surface area contributed by atoms with Crippen LogP contribution in [0.5, 0.6) is 0 Å². The zero-order chi connectivity index (χ0) is 21.7. The fourth-order valence-electron chi connectivity index (χ4n) is 2.52. The number of halogens is 2. The Morgan fingerprint density at radius 3 is 2.67 bits per heavy atom. The maximum Gasteiger partial charge on any atom is 0.249 e. The molecule has 1 aromatic heterocycles. The topological polar surface area (TPSA) is 114 Å². The maximum absolute atomic E-state index is 13.0. The Hall–Kier alpha value is -2.82. The first-order valence-electron chi connectivity index (χ1n) is 8.89. The van der Waals surface area contributed by atoms with Crippen LogP contribution in [0, 0.1) is 5.82 Å². The van der Waals surface area contributed by atoms with E-state index in [0.29, 0.717) is 10.6 Å². The van der Waals surface area contributed by atoms with E-state index in [4.69, 9.17) is 16.1 Å². The summed E-state index contributed by atoms with van der Waals surface area (Å²) in [5, 5.41) is 6.77. The molecule has 0 radical (unpaired) electrons. The molecule has 0 aliphatic rings. The lowest BCUT2D eigenvalue weighted by Gasteiger charge is -2.10. The number of amides is 1. The molecule has 0 bridgehead atoms. The quantitative estimate of drug-likeness (QED) is 0.543. The molecule has 1 amide bonds. The Bertz CT molecular complexity index is 1140. The van der Waals surface area contributed by atoms with Crippen molar-refractivity contribution in [2.75, 3.05) is 6.54 Å². The fraction of sp³-hybridized carbons (Fsp3) is 0.211. The summed E-state index contributed by atoms with van der Waals surface area (Å²) in [5.74, 6) is -0.352. The third-order valence-corrected chi connectivity index (χ3v) is 5.74. The lowest BCUT2D eigenvalue weighted by Crippen LogP contribution is -2.32. The van der Waals surface area contributed by atoms with E-state index < -0.39 is 22.0 Å². The molecule has 30 heavy (non-hydrogen) atoms.